The molecule has 158 valence electrons. The van der Waals surface area contributed by atoms with Crippen molar-refractivity contribution in [1.29, 1.82) is 0 Å². The smallest absolute Gasteiger partial charge is 0.208 e. The topological polar surface area (TPSA) is 13.0 Å². The molecule has 2 aliphatic heterocycles. The van der Waals surface area contributed by atoms with Crippen LogP contribution in [-0.4, -0.2) is 26.2 Å². The van der Waals surface area contributed by atoms with Gasteiger partial charge in [0.05, 0.1) is 22.7 Å². The third kappa shape index (κ3) is 3.84. The maximum Gasteiger partial charge on any atom is 0.208 e. The molecule has 0 N–H and O–H groups in total. The van der Waals surface area contributed by atoms with Gasteiger partial charge in [-0.1, -0.05) is 39.8 Å². The summed E-state index contributed by atoms with van der Waals surface area (Å²) < 4.78 is 0. The standard InChI is InChI=1S/C26H34N4/c1-5-13-27-19-29(15-7-3)25-17-21(9-11-23(25)27)22-10-12-24-26(18-22)30(16-8-4)20-28(24)14-6-2/h9-12,17-18H,5-8,13-16H2,1-4H3. The number of hydrogen-bond acceptors (Lipinski definition) is 4. The number of benzene rings is 2. The van der Waals surface area contributed by atoms with Crippen LogP contribution in [-0.2, 0) is 0 Å². The van der Waals surface area contributed by atoms with Crippen molar-refractivity contribution < 1.29 is 0 Å². The molecule has 0 saturated carbocycles. The minimum absolute atomic E-state index is 1.00. The molecule has 0 spiro atoms. The molecule has 30 heavy (non-hydrogen) atoms. The van der Waals surface area contributed by atoms with Gasteiger partial charge in [-0.15, -0.1) is 0 Å². The van der Waals surface area contributed by atoms with Crippen LogP contribution in [0.1, 0.15) is 53.4 Å². The Bertz CT molecular complexity index is 791. The van der Waals surface area contributed by atoms with Gasteiger partial charge in [-0.05, 0) is 61.1 Å². The number of rotatable bonds is 9. The zero-order valence-electron chi connectivity index (χ0n) is 18.9. The second-order valence-corrected chi connectivity index (χ2v) is 8.21. The van der Waals surface area contributed by atoms with Crippen molar-refractivity contribution in [3.63, 3.8) is 0 Å². The Morgan fingerprint density at radius 2 is 0.833 bits per heavy atom. The summed E-state index contributed by atoms with van der Waals surface area (Å²) in [7, 11) is 0. The van der Waals surface area contributed by atoms with E-state index in [1.165, 1.54) is 33.9 Å². The fraction of sp³-hybridized carbons (Fsp3) is 0.462. The summed E-state index contributed by atoms with van der Waals surface area (Å²) in [6.07, 6.45) is 4.46. The maximum atomic E-state index is 3.56. The molecule has 0 bridgehead atoms. The van der Waals surface area contributed by atoms with Crippen molar-refractivity contribution in [2.24, 2.45) is 0 Å². The summed E-state index contributed by atoms with van der Waals surface area (Å²) >= 11 is 0. The van der Waals surface area contributed by atoms with Gasteiger partial charge in [0.15, 0.2) is 0 Å². The predicted molar refractivity (Wildman–Crippen MR) is 129 cm³/mol. The van der Waals surface area contributed by atoms with Gasteiger partial charge in [0.25, 0.3) is 0 Å². The van der Waals surface area contributed by atoms with E-state index in [1.54, 1.807) is 0 Å². The van der Waals surface area contributed by atoms with Crippen LogP contribution in [0.4, 0.5) is 22.7 Å². The molecule has 0 atom stereocenters. The first kappa shape index (κ1) is 20.9. The highest BCUT2D eigenvalue weighted by Crippen LogP contribution is 2.44. The van der Waals surface area contributed by atoms with E-state index in [4.69, 9.17) is 0 Å². The summed E-state index contributed by atoms with van der Waals surface area (Å²) in [4.78, 5) is 9.12. The monoisotopic (exact) mass is 402 g/mol. The highest BCUT2D eigenvalue weighted by Gasteiger charge is 2.29. The first-order valence-corrected chi connectivity index (χ1v) is 11.6. The third-order valence-corrected chi connectivity index (χ3v) is 5.72. The van der Waals surface area contributed by atoms with Crippen molar-refractivity contribution in [2.45, 2.75) is 53.4 Å². The average molecular weight is 403 g/mol. The molecule has 0 amide bonds. The van der Waals surface area contributed by atoms with Crippen LogP contribution in [0.15, 0.2) is 36.4 Å². The summed E-state index contributed by atoms with van der Waals surface area (Å²) in [6, 6.07) is 13.7. The molecule has 0 saturated heterocycles. The van der Waals surface area contributed by atoms with E-state index in [-0.39, 0.29) is 0 Å². The zero-order valence-corrected chi connectivity index (χ0v) is 18.9. The van der Waals surface area contributed by atoms with E-state index in [2.05, 4.69) is 97.0 Å². The Balaban J connectivity index is 1.68. The normalized spacial score (nSPS) is 15.2. The van der Waals surface area contributed by atoms with Crippen LogP contribution >= 0.6 is 0 Å². The Hall–Kier alpha value is -2.36. The van der Waals surface area contributed by atoms with Gasteiger partial charge < -0.3 is 19.6 Å². The lowest BCUT2D eigenvalue weighted by molar-refractivity contribution is 0.798. The van der Waals surface area contributed by atoms with Crippen LogP contribution in [0.5, 0.6) is 0 Å². The first-order chi connectivity index (χ1) is 14.7. The predicted octanol–water partition coefficient (Wildman–Crippen LogP) is 6.24. The molecule has 2 aromatic carbocycles. The van der Waals surface area contributed by atoms with Gasteiger partial charge >= 0.3 is 0 Å². The molecule has 0 aliphatic carbocycles. The van der Waals surface area contributed by atoms with Gasteiger partial charge in [0.2, 0.25) is 13.3 Å². The van der Waals surface area contributed by atoms with Gasteiger partial charge in [0, 0.05) is 26.2 Å². The Morgan fingerprint density at radius 1 is 0.500 bits per heavy atom. The second-order valence-electron chi connectivity index (χ2n) is 8.21. The van der Waals surface area contributed by atoms with Crippen LogP contribution in [0.2, 0.25) is 0 Å². The van der Waals surface area contributed by atoms with Crippen molar-refractivity contribution in [1.82, 2.24) is 0 Å². The Kier molecular flexibility index (Phi) is 6.40. The highest BCUT2D eigenvalue weighted by atomic mass is 15.4. The molecule has 4 radical (unpaired) electrons. The van der Waals surface area contributed by atoms with Crippen LogP contribution in [0, 0.1) is 13.3 Å². The van der Waals surface area contributed by atoms with Crippen molar-refractivity contribution in [3.05, 3.63) is 49.7 Å². The molecule has 2 heterocycles. The maximum absolute atomic E-state index is 3.56. The number of hydrogen-bond donors (Lipinski definition) is 0. The molecule has 2 aliphatic rings. The molecular formula is C26H34N4. The number of anilines is 4. The molecule has 2 aromatic rings. The minimum Gasteiger partial charge on any atom is -0.340 e. The van der Waals surface area contributed by atoms with Crippen LogP contribution in [0.3, 0.4) is 0 Å². The fourth-order valence-electron chi connectivity index (χ4n) is 4.38. The number of nitrogens with zero attached hydrogens (tertiary/aromatic N) is 4. The SMILES string of the molecule is CCCN1[C]N(CCC)c2cc(-c3ccc4c(c3)N(CCC)[C]N4CCC)ccc21. The van der Waals surface area contributed by atoms with E-state index < -0.39 is 0 Å². The van der Waals surface area contributed by atoms with Crippen LogP contribution < -0.4 is 19.6 Å². The molecule has 4 nitrogen and oxygen atoms in total. The van der Waals surface area contributed by atoms with Crippen molar-refractivity contribution >= 4 is 22.7 Å². The van der Waals surface area contributed by atoms with Gasteiger partial charge in [-0.25, -0.2) is 0 Å². The van der Waals surface area contributed by atoms with Crippen molar-refractivity contribution in [3.8, 4) is 11.1 Å². The van der Waals surface area contributed by atoms with E-state index in [1.807, 2.05) is 0 Å². The minimum atomic E-state index is 1.00. The lowest BCUT2D eigenvalue weighted by Crippen LogP contribution is -2.26. The fourth-order valence-corrected chi connectivity index (χ4v) is 4.38. The quantitative estimate of drug-likeness (QED) is 0.492. The van der Waals surface area contributed by atoms with Crippen LogP contribution in [0.25, 0.3) is 11.1 Å². The average Bonchev–Trinajstić information content (AvgIpc) is 3.27. The summed E-state index contributed by atoms with van der Waals surface area (Å²) in [5, 5.41) is 0. The lowest BCUT2D eigenvalue weighted by Gasteiger charge is -2.18. The summed E-state index contributed by atoms with van der Waals surface area (Å²) in [6.45, 7) is 20.1. The Morgan fingerprint density at radius 3 is 1.17 bits per heavy atom. The Labute approximate surface area is 183 Å². The van der Waals surface area contributed by atoms with E-state index >= 15 is 0 Å². The van der Waals surface area contributed by atoms with Gasteiger partial charge in [0.1, 0.15) is 0 Å². The van der Waals surface area contributed by atoms with Crippen molar-refractivity contribution in [2.75, 3.05) is 45.8 Å². The molecule has 0 unspecified atom stereocenters. The molecule has 0 aromatic heterocycles. The molecule has 0 fully saturated rings. The van der Waals surface area contributed by atoms with E-state index in [9.17, 15) is 0 Å². The first-order valence-electron chi connectivity index (χ1n) is 11.6. The molecular weight excluding hydrogens is 368 g/mol. The van der Waals surface area contributed by atoms with Gasteiger partial charge in [-0.3, -0.25) is 0 Å². The second kappa shape index (κ2) is 9.20. The summed E-state index contributed by atoms with van der Waals surface area (Å²) in [5.41, 5.74) is 7.64. The van der Waals surface area contributed by atoms with E-state index in [0.717, 1.165) is 51.9 Å². The molecule has 4 rings (SSSR count). The van der Waals surface area contributed by atoms with Gasteiger partial charge in [-0.2, -0.15) is 0 Å². The zero-order chi connectivity index (χ0) is 21.1. The lowest BCUT2D eigenvalue weighted by atomic mass is 10.0. The largest absolute Gasteiger partial charge is 0.340 e. The number of fused-ring (bicyclic) bond motifs is 2. The highest BCUT2D eigenvalue weighted by molar-refractivity contribution is 5.87. The summed E-state index contributed by atoms with van der Waals surface area (Å²) in [5.74, 6) is 0. The third-order valence-electron chi connectivity index (χ3n) is 5.72. The van der Waals surface area contributed by atoms with E-state index in [0.29, 0.717) is 0 Å². The molecule has 4 heteroatoms.